The average Bonchev–Trinajstić information content (AvgIpc) is 2.26. The van der Waals surface area contributed by atoms with Crippen molar-refractivity contribution < 1.29 is 14.8 Å². The predicted octanol–water partition coefficient (Wildman–Crippen LogP) is 1.32. The first-order valence-electron chi connectivity index (χ1n) is 5.21. The lowest BCUT2D eigenvalue weighted by Crippen LogP contribution is -2.24. The van der Waals surface area contributed by atoms with E-state index >= 15 is 0 Å². The predicted molar refractivity (Wildman–Crippen MR) is 64.2 cm³/mol. The summed E-state index contributed by atoms with van der Waals surface area (Å²) in [5, 5.41) is 23.2. The largest absolute Gasteiger partial charge is 0.389 e. The lowest BCUT2D eigenvalue weighted by atomic mass is 10.1. The molecule has 0 heterocycles. The van der Waals surface area contributed by atoms with Gasteiger partial charge in [0, 0.05) is 19.2 Å². The van der Waals surface area contributed by atoms with E-state index in [1.54, 1.807) is 25.1 Å². The molecule has 0 aliphatic heterocycles. The number of para-hydroxylation sites is 1. The minimum atomic E-state index is -0.694. The van der Waals surface area contributed by atoms with Crippen LogP contribution in [0.1, 0.15) is 5.56 Å². The first-order chi connectivity index (χ1) is 8.06. The first kappa shape index (κ1) is 13.4. The summed E-state index contributed by atoms with van der Waals surface area (Å²) in [5.41, 5.74) is 1.03. The molecule has 0 saturated heterocycles. The van der Waals surface area contributed by atoms with Crippen molar-refractivity contribution >= 4 is 11.4 Å². The van der Waals surface area contributed by atoms with Crippen LogP contribution in [0.5, 0.6) is 0 Å². The van der Waals surface area contributed by atoms with Gasteiger partial charge >= 0.3 is 0 Å². The number of hydrogen-bond acceptors (Lipinski definition) is 5. The van der Waals surface area contributed by atoms with E-state index in [1.165, 1.54) is 7.11 Å². The van der Waals surface area contributed by atoms with Crippen LogP contribution in [-0.4, -0.2) is 36.4 Å². The van der Waals surface area contributed by atoms with Gasteiger partial charge in [0.2, 0.25) is 0 Å². The zero-order chi connectivity index (χ0) is 12.8. The van der Waals surface area contributed by atoms with Gasteiger partial charge in [-0.1, -0.05) is 12.1 Å². The van der Waals surface area contributed by atoms with E-state index in [0.29, 0.717) is 11.3 Å². The molecule has 1 aromatic carbocycles. The van der Waals surface area contributed by atoms with Gasteiger partial charge in [0.05, 0.1) is 17.6 Å². The number of aryl methyl sites for hydroxylation is 1. The molecule has 0 bridgehead atoms. The van der Waals surface area contributed by atoms with Gasteiger partial charge < -0.3 is 15.2 Å². The fourth-order valence-corrected chi connectivity index (χ4v) is 1.52. The van der Waals surface area contributed by atoms with Crippen molar-refractivity contribution in [1.82, 2.24) is 0 Å². The SMILES string of the molecule is COC[C@H](O)CNc1cccc(C)c1[N+](=O)[O-]. The number of rotatable bonds is 6. The maximum atomic E-state index is 10.9. The molecule has 6 nitrogen and oxygen atoms in total. The smallest absolute Gasteiger partial charge is 0.295 e. The Morgan fingerprint density at radius 2 is 2.29 bits per heavy atom. The summed E-state index contributed by atoms with van der Waals surface area (Å²) >= 11 is 0. The molecule has 2 N–H and O–H groups in total. The number of nitrogens with one attached hydrogen (secondary N) is 1. The van der Waals surface area contributed by atoms with E-state index < -0.39 is 11.0 Å². The molecule has 0 fully saturated rings. The number of ether oxygens (including phenoxy) is 1. The molecular weight excluding hydrogens is 224 g/mol. The molecule has 94 valence electrons. The summed E-state index contributed by atoms with van der Waals surface area (Å²) in [6, 6.07) is 5.02. The van der Waals surface area contributed by atoms with Crippen molar-refractivity contribution in [2.24, 2.45) is 0 Å². The standard InChI is InChI=1S/C11H16N2O4/c1-8-4-3-5-10(11(8)13(15)16)12-6-9(14)7-17-2/h3-5,9,12,14H,6-7H2,1-2H3/t9-/m1/s1. The number of anilines is 1. The summed E-state index contributed by atoms with van der Waals surface area (Å²) in [7, 11) is 1.48. The van der Waals surface area contributed by atoms with Gasteiger partial charge in [-0.3, -0.25) is 10.1 Å². The molecule has 1 rings (SSSR count). The molecule has 0 saturated carbocycles. The summed E-state index contributed by atoms with van der Waals surface area (Å²) < 4.78 is 4.77. The van der Waals surface area contributed by atoms with Gasteiger partial charge in [0.25, 0.3) is 5.69 Å². The van der Waals surface area contributed by atoms with Crippen molar-refractivity contribution in [3.8, 4) is 0 Å². The number of benzene rings is 1. The van der Waals surface area contributed by atoms with Crippen LogP contribution in [0.2, 0.25) is 0 Å². The van der Waals surface area contributed by atoms with Crippen molar-refractivity contribution in [3.05, 3.63) is 33.9 Å². The molecule has 0 aromatic heterocycles. The Balaban J connectivity index is 2.77. The number of aliphatic hydroxyl groups is 1. The molecule has 0 aliphatic carbocycles. The van der Waals surface area contributed by atoms with Crippen LogP contribution in [0.25, 0.3) is 0 Å². The van der Waals surface area contributed by atoms with Crippen molar-refractivity contribution in [2.45, 2.75) is 13.0 Å². The number of hydrogen-bond donors (Lipinski definition) is 2. The molecule has 0 radical (unpaired) electrons. The third-order valence-corrected chi connectivity index (χ3v) is 2.31. The first-order valence-corrected chi connectivity index (χ1v) is 5.21. The Kier molecular flexibility index (Phi) is 4.86. The Morgan fingerprint density at radius 3 is 2.88 bits per heavy atom. The van der Waals surface area contributed by atoms with Crippen LogP contribution in [0, 0.1) is 17.0 Å². The number of nitrogens with zero attached hydrogens (tertiary/aromatic N) is 1. The highest BCUT2D eigenvalue weighted by Crippen LogP contribution is 2.27. The lowest BCUT2D eigenvalue weighted by Gasteiger charge is -2.12. The number of nitro groups is 1. The summed E-state index contributed by atoms with van der Waals surface area (Å²) in [5.74, 6) is 0. The van der Waals surface area contributed by atoms with Crippen LogP contribution in [0.4, 0.5) is 11.4 Å². The van der Waals surface area contributed by atoms with Crippen LogP contribution in [0.15, 0.2) is 18.2 Å². The molecule has 0 amide bonds. The fourth-order valence-electron chi connectivity index (χ4n) is 1.52. The molecule has 0 unspecified atom stereocenters. The highest BCUT2D eigenvalue weighted by atomic mass is 16.6. The number of aliphatic hydroxyl groups excluding tert-OH is 1. The minimum absolute atomic E-state index is 0.0390. The van der Waals surface area contributed by atoms with Gasteiger partial charge in [-0.25, -0.2) is 0 Å². The normalized spacial score (nSPS) is 12.2. The van der Waals surface area contributed by atoms with Gasteiger partial charge in [-0.15, -0.1) is 0 Å². The molecule has 1 aromatic rings. The molecule has 0 spiro atoms. The van der Waals surface area contributed by atoms with Gasteiger partial charge in [0.15, 0.2) is 0 Å². The van der Waals surface area contributed by atoms with E-state index in [1.807, 2.05) is 0 Å². The molecule has 0 aliphatic rings. The van der Waals surface area contributed by atoms with Crippen LogP contribution >= 0.6 is 0 Å². The lowest BCUT2D eigenvalue weighted by molar-refractivity contribution is -0.384. The maximum Gasteiger partial charge on any atom is 0.295 e. The van der Waals surface area contributed by atoms with Crippen LogP contribution in [-0.2, 0) is 4.74 Å². The average molecular weight is 240 g/mol. The monoisotopic (exact) mass is 240 g/mol. The molecular formula is C11H16N2O4. The van der Waals surface area contributed by atoms with E-state index in [4.69, 9.17) is 4.74 Å². The molecule has 6 heteroatoms. The zero-order valence-corrected chi connectivity index (χ0v) is 9.84. The Morgan fingerprint density at radius 1 is 1.59 bits per heavy atom. The van der Waals surface area contributed by atoms with Crippen LogP contribution < -0.4 is 5.32 Å². The number of methoxy groups -OCH3 is 1. The van der Waals surface area contributed by atoms with Crippen molar-refractivity contribution in [3.63, 3.8) is 0 Å². The van der Waals surface area contributed by atoms with Gasteiger partial charge in [-0.2, -0.15) is 0 Å². The number of nitro benzene ring substituents is 1. The highest BCUT2D eigenvalue weighted by molar-refractivity contribution is 5.65. The maximum absolute atomic E-state index is 10.9. The Hall–Kier alpha value is -1.66. The topological polar surface area (TPSA) is 84.6 Å². The van der Waals surface area contributed by atoms with E-state index in [0.717, 1.165) is 0 Å². The van der Waals surface area contributed by atoms with E-state index in [9.17, 15) is 15.2 Å². The van der Waals surface area contributed by atoms with E-state index in [-0.39, 0.29) is 18.8 Å². The van der Waals surface area contributed by atoms with Crippen molar-refractivity contribution in [1.29, 1.82) is 0 Å². The molecule has 1 atom stereocenters. The second-order valence-electron chi connectivity index (χ2n) is 3.72. The minimum Gasteiger partial charge on any atom is -0.389 e. The van der Waals surface area contributed by atoms with Crippen molar-refractivity contribution in [2.75, 3.05) is 25.6 Å². The second-order valence-corrected chi connectivity index (χ2v) is 3.72. The van der Waals surface area contributed by atoms with Gasteiger partial charge in [-0.05, 0) is 13.0 Å². The second kappa shape index (κ2) is 6.17. The van der Waals surface area contributed by atoms with Crippen LogP contribution in [0.3, 0.4) is 0 Å². The summed E-state index contributed by atoms with van der Waals surface area (Å²) in [6.07, 6.45) is -0.694. The zero-order valence-electron chi connectivity index (χ0n) is 9.84. The Labute approximate surface area is 99.4 Å². The van der Waals surface area contributed by atoms with Gasteiger partial charge in [0.1, 0.15) is 5.69 Å². The fraction of sp³-hybridized carbons (Fsp3) is 0.455. The highest BCUT2D eigenvalue weighted by Gasteiger charge is 2.17. The third-order valence-electron chi connectivity index (χ3n) is 2.31. The molecule has 17 heavy (non-hydrogen) atoms. The third kappa shape index (κ3) is 3.69. The summed E-state index contributed by atoms with van der Waals surface area (Å²) in [6.45, 7) is 2.07. The summed E-state index contributed by atoms with van der Waals surface area (Å²) in [4.78, 5) is 10.5. The Bertz CT molecular complexity index is 395. The van der Waals surface area contributed by atoms with E-state index in [2.05, 4.69) is 5.32 Å². The quantitative estimate of drug-likeness (QED) is 0.578.